The van der Waals surface area contributed by atoms with Crippen LogP contribution in [0.1, 0.15) is 29.1 Å². The van der Waals surface area contributed by atoms with Crippen LogP contribution in [-0.2, 0) is 11.2 Å². The highest BCUT2D eigenvalue weighted by Crippen LogP contribution is 2.21. The summed E-state index contributed by atoms with van der Waals surface area (Å²) in [6.45, 7) is 1.09. The maximum Gasteiger partial charge on any atom is 0.407 e. The van der Waals surface area contributed by atoms with E-state index in [1.807, 2.05) is 0 Å². The lowest BCUT2D eigenvalue weighted by Gasteiger charge is -2.29. The Balaban J connectivity index is 1.87. The van der Waals surface area contributed by atoms with Crippen molar-refractivity contribution in [2.24, 2.45) is 5.92 Å². The highest BCUT2D eigenvalue weighted by molar-refractivity contribution is 5.86. The molecule has 0 atom stereocenters. The molecule has 1 saturated heterocycles. The normalized spacial score (nSPS) is 16.4. The molecule has 0 spiro atoms. The molecule has 0 aliphatic carbocycles. The molecule has 1 aliphatic heterocycles. The van der Waals surface area contributed by atoms with Crippen molar-refractivity contribution in [3.63, 3.8) is 0 Å². The Morgan fingerprint density at radius 2 is 2.21 bits per heavy atom. The van der Waals surface area contributed by atoms with Gasteiger partial charge in [0, 0.05) is 19.2 Å². The standard InChI is InChI=1S/C12H16N2O5/c1-18-11(15)10-7-9(13-19-10)6-8-2-4-14(5-3-8)12(16)17/h7-8H,2-6H2,1H3,(H,16,17). The van der Waals surface area contributed by atoms with E-state index in [2.05, 4.69) is 9.89 Å². The quantitative estimate of drug-likeness (QED) is 0.833. The first-order valence-corrected chi connectivity index (χ1v) is 6.12. The van der Waals surface area contributed by atoms with Gasteiger partial charge in [-0.3, -0.25) is 0 Å². The highest BCUT2D eigenvalue weighted by atomic mass is 16.5. The van der Waals surface area contributed by atoms with Crippen LogP contribution < -0.4 is 0 Å². The smallest absolute Gasteiger partial charge is 0.407 e. The van der Waals surface area contributed by atoms with Gasteiger partial charge in [-0.15, -0.1) is 0 Å². The number of aromatic nitrogens is 1. The molecule has 1 N–H and O–H groups in total. The molecule has 1 amide bonds. The number of piperidine rings is 1. The lowest BCUT2D eigenvalue weighted by molar-refractivity contribution is 0.0554. The van der Waals surface area contributed by atoms with Crippen molar-refractivity contribution in [3.8, 4) is 0 Å². The predicted molar refractivity (Wildman–Crippen MR) is 63.9 cm³/mol. The molecule has 1 fully saturated rings. The van der Waals surface area contributed by atoms with E-state index in [4.69, 9.17) is 9.63 Å². The van der Waals surface area contributed by atoms with E-state index in [9.17, 15) is 9.59 Å². The summed E-state index contributed by atoms with van der Waals surface area (Å²) in [4.78, 5) is 23.4. The zero-order valence-electron chi connectivity index (χ0n) is 10.7. The fourth-order valence-corrected chi connectivity index (χ4v) is 2.23. The molecule has 0 bridgehead atoms. The van der Waals surface area contributed by atoms with E-state index >= 15 is 0 Å². The Morgan fingerprint density at radius 3 is 2.79 bits per heavy atom. The third-order valence-corrected chi connectivity index (χ3v) is 3.33. The molecule has 1 aliphatic rings. The van der Waals surface area contributed by atoms with Crippen molar-refractivity contribution in [2.45, 2.75) is 19.3 Å². The second-order valence-corrected chi connectivity index (χ2v) is 4.59. The number of carbonyl (C=O) groups excluding carboxylic acids is 1. The largest absolute Gasteiger partial charge is 0.465 e. The molecule has 2 heterocycles. The Hall–Kier alpha value is -2.05. The van der Waals surface area contributed by atoms with Crippen molar-refractivity contribution in [2.75, 3.05) is 20.2 Å². The summed E-state index contributed by atoms with van der Waals surface area (Å²) in [6.07, 6.45) is 1.42. The van der Waals surface area contributed by atoms with Crippen LogP contribution in [0, 0.1) is 5.92 Å². The zero-order chi connectivity index (χ0) is 13.8. The zero-order valence-corrected chi connectivity index (χ0v) is 10.7. The third kappa shape index (κ3) is 3.24. The number of carboxylic acid groups (broad SMARTS) is 1. The maximum absolute atomic E-state index is 11.2. The molecule has 0 aromatic carbocycles. The summed E-state index contributed by atoms with van der Waals surface area (Å²) in [6, 6.07) is 1.58. The van der Waals surface area contributed by atoms with Gasteiger partial charge in [0.25, 0.3) is 0 Å². The Morgan fingerprint density at radius 1 is 1.53 bits per heavy atom. The minimum atomic E-state index is -0.868. The summed E-state index contributed by atoms with van der Waals surface area (Å²) < 4.78 is 9.42. The van der Waals surface area contributed by atoms with E-state index in [1.165, 1.54) is 12.0 Å². The van der Waals surface area contributed by atoms with Gasteiger partial charge in [-0.05, 0) is 25.2 Å². The molecule has 0 radical (unpaired) electrons. The van der Waals surface area contributed by atoms with Crippen LogP contribution in [0.25, 0.3) is 0 Å². The van der Waals surface area contributed by atoms with Crippen LogP contribution in [0.15, 0.2) is 10.6 Å². The topological polar surface area (TPSA) is 92.9 Å². The van der Waals surface area contributed by atoms with Crippen molar-refractivity contribution >= 4 is 12.1 Å². The average Bonchev–Trinajstić information content (AvgIpc) is 2.87. The molecular weight excluding hydrogens is 252 g/mol. The first-order chi connectivity index (χ1) is 9.10. The van der Waals surface area contributed by atoms with Crippen molar-refractivity contribution < 1.29 is 24.0 Å². The number of likely N-dealkylation sites (tertiary alicyclic amines) is 1. The number of amides is 1. The number of nitrogens with zero attached hydrogens (tertiary/aromatic N) is 2. The fourth-order valence-electron chi connectivity index (χ4n) is 2.23. The van der Waals surface area contributed by atoms with E-state index in [1.54, 1.807) is 6.07 Å². The van der Waals surface area contributed by atoms with Gasteiger partial charge in [0.05, 0.1) is 12.8 Å². The van der Waals surface area contributed by atoms with Gasteiger partial charge in [0.2, 0.25) is 5.76 Å². The van der Waals surface area contributed by atoms with Crippen LogP contribution in [0.5, 0.6) is 0 Å². The van der Waals surface area contributed by atoms with Gasteiger partial charge in [-0.2, -0.15) is 0 Å². The molecular formula is C12H16N2O5. The minimum Gasteiger partial charge on any atom is -0.465 e. The first kappa shape index (κ1) is 13.4. The van der Waals surface area contributed by atoms with Crippen LogP contribution in [0.3, 0.4) is 0 Å². The van der Waals surface area contributed by atoms with Crippen LogP contribution in [0.4, 0.5) is 4.79 Å². The summed E-state index contributed by atoms with van der Waals surface area (Å²) in [5.74, 6) is -0.0777. The van der Waals surface area contributed by atoms with Gasteiger partial charge in [-0.25, -0.2) is 9.59 Å². The number of methoxy groups -OCH3 is 1. The summed E-state index contributed by atoms with van der Waals surface area (Å²) in [5, 5.41) is 12.7. The van der Waals surface area contributed by atoms with Gasteiger partial charge >= 0.3 is 12.1 Å². The second-order valence-electron chi connectivity index (χ2n) is 4.59. The molecule has 1 aromatic rings. The number of carbonyl (C=O) groups is 2. The van der Waals surface area contributed by atoms with E-state index in [0.29, 0.717) is 31.1 Å². The Kier molecular flexibility index (Phi) is 4.03. The van der Waals surface area contributed by atoms with Crippen molar-refractivity contribution in [1.29, 1.82) is 0 Å². The molecule has 0 saturated carbocycles. The lowest BCUT2D eigenvalue weighted by Crippen LogP contribution is -2.37. The van der Waals surface area contributed by atoms with Crippen LogP contribution >= 0.6 is 0 Å². The number of rotatable bonds is 3. The number of hydrogen-bond donors (Lipinski definition) is 1. The number of ether oxygens (including phenoxy) is 1. The van der Waals surface area contributed by atoms with E-state index in [0.717, 1.165) is 12.8 Å². The van der Waals surface area contributed by atoms with Gasteiger partial charge < -0.3 is 19.3 Å². The number of esters is 1. The monoisotopic (exact) mass is 268 g/mol. The van der Waals surface area contributed by atoms with Crippen molar-refractivity contribution in [3.05, 3.63) is 17.5 Å². The van der Waals surface area contributed by atoms with Crippen LogP contribution in [-0.4, -0.2) is 47.4 Å². The van der Waals surface area contributed by atoms with Gasteiger partial charge in [0.1, 0.15) is 0 Å². The second kappa shape index (κ2) is 5.73. The maximum atomic E-state index is 11.2. The molecule has 7 heteroatoms. The summed E-state index contributed by atoms with van der Waals surface area (Å²) in [5.41, 5.74) is 0.703. The summed E-state index contributed by atoms with van der Waals surface area (Å²) in [7, 11) is 1.28. The molecule has 7 nitrogen and oxygen atoms in total. The predicted octanol–water partition coefficient (Wildman–Crippen LogP) is 1.39. The van der Waals surface area contributed by atoms with Gasteiger partial charge in [0.15, 0.2) is 0 Å². The highest BCUT2D eigenvalue weighted by Gasteiger charge is 2.24. The molecule has 104 valence electrons. The van der Waals surface area contributed by atoms with Gasteiger partial charge in [-0.1, -0.05) is 5.16 Å². The molecule has 1 aromatic heterocycles. The molecule has 2 rings (SSSR count). The minimum absolute atomic E-state index is 0.0977. The Labute approximate surface area is 110 Å². The average molecular weight is 268 g/mol. The lowest BCUT2D eigenvalue weighted by atomic mass is 9.92. The Bertz CT molecular complexity index is 462. The van der Waals surface area contributed by atoms with Crippen molar-refractivity contribution in [1.82, 2.24) is 10.1 Å². The number of hydrogen-bond acceptors (Lipinski definition) is 5. The molecule has 0 unspecified atom stereocenters. The van der Waals surface area contributed by atoms with E-state index in [-0.39, 0.29) is 5.76 Å². The summed E-state index contributed by atoms with van der Waals surface area (Å²) >= 11 is 0. The SMILES string of the molecule is COC(=O)c1cc(CC2CCN(C(=O)O)CC2)no1. The fraction of sp³-hybridized carbons (Fsp3) is 0.583. The van der Waals surface area contributed by atoms with E-state index < -0.39 is 12.1 Å². The van der Waals surface area contributed by atoms with Crippen LogP contribution in [0.2, 0.25) is 0 Å². The third-order valence-electron chi connectivity index (χ3n) is 3.33. The first-order valence-electron chi connectivity index (χ1n) is 6.12. The molecule has 19 heavy (non-hydrogen) atoms.